The monoisotopic (exact) mass is 174 g/mol. The predicted octanol–water partition coefficient (Wildman–Crippen LogP) is 1.01. The van der Waals surface area contributed by atoms with Gasteiger partial charge in [0.1, 0.15) is 11.9 Å². The van der Waals surface area contributed by atoms with E-state index in [2.05, 4.69) is 11.8 Å². The first kappa shape index (κ1) is 9.25. The van der Waals surface area contributed by atoms with Crippen molar-refractivity contribution in [2.75, 3.05) is 6.54 Å². The summed E-state index contributed by atoms with van der Waals surface area (Å²) in [5, 5.41) is 8.51. The van der Waals surface area contributed by atoms with Gasteiger partial charge in [0.25, 0.3) is 0 Å². The quantitative estimate of drug-likeness (QED) is 0.596. The molecule has 1 rings (SSSR count). The molecule has 1 aromatic carbocycles. The molecular weight excluding hydrogens is 167 g/mol. The molecule has 0 amide bonds. The number of hydrogen-bond donors (Lipinski definition) is 1. The lowest BCUT2D eigenvalue weighted by Crippen LogP contribution is -1.93. The molecule has 0 bridgehead atoms. The van der Waals surface area contributed by atoms with Crippen LogP contribution in [0.1, 0.15) is 11.1 Å². The summed E-state index contributed by atoms with van der Waals surface area (Å²) in [6.45, 7) is 0.249. The van der Waals surface area contributed by atoms with Crippen molar-refractivity contribution in [3.63, 3.8) is 0 Å². The number of nitriles is 1. The van der Waals surface area contributed by atoms with Gasteiger partial charge in [0.2, 0.25) is 0 Å². The van der Waals surface area contributed by atoms with Crippen LogP contribution in [0.2, 0.25) is 0 Å². The lowest BCUT2D eigenvalue weighted by Gasteiger charge is -1.93. The summed E-state index contributed by atoms with van der Waals surface area (Å²) in [5.41, 5.74) is 5.77. The van der Waals surface area contributed by atoms with E-state index in [-0.39, 0.29) is 12.1 Å². The minimum absolute atomic E-state index is 0.00354. The molecular formula is C10H7FN2. The summed E-state index contributed by atoms with van der Waals surface area (Å²) in [7, 11) is 0. The standard InChI is InChI=1S/C10H7FN2/c11-10-4-3-8(2-1-5-12)6-9(10)7-13/h3-4,6H,5,12H2. The van der Waals surface area contributed by atoms with E-state index in [1.807, 2.05) is 0 Å². The minimum atomic E-state index is -0.527. The summed E-state index contributed by atoms with van der Waals surface area (Å²) < 4.78 is 12.8. The molecule has 0 saturated heterocycles. The number of nitrogens with two attached hydrogens (primary N) is 1. The van der Waals surface area contributed by atoms with Gasteiger partial charge in [0.05, 0.1) is 12.1 Å². The Bertz CT molecular complexity index is 407. The van der Waals surface area contributed by atoms with Crippen LogP contribution in [0, 0.1) is 29.0 Å². The van der Waals surface area contributed by atoms with Crippen molar-refractivity contribution in [1.82, 2.24) is 0 Å². The van der Waals surface area contributed by atoms with Gasteiger partial charge in [-0.25, -0.2) is 4.39 Å². The smallest absolute Gasteiger partial charge is 0.141 e. The van der Waals surface area contributed by atoms with Crippen molar-refractivity contribution in [2.24, 2.45) is 5.73 Å². The summed E-state index contributed by atoms with van der Waals surface area (Å²) in [4.78, 5) is 0. The highest BCUT2D eigenvalue weighted by Gasteiger charge is 1.99. The van der Waals surface area contributed by atoms with Crippen molar-refractivity contribution >= 4 is 0 Å². The second kappa shape index (κ2) is 4.25. The van der Waals surface area contributed by atoms with E-state index in [0.717, 1.165) is 0 Å². The van der Waals surface area contributed by atoms with E-state index in [9.17, 15) is 4.39 Å². The number of halogens is 1. The Morgan fingerprint density at radius 2 is 2.23 bits per heavy atom. The largest absolute Gasteiger partial charge is 0.320 e. The second-order valence-corrected chi connectivity index (χ2v) is 2.31. The van der Waals surface area contributed by atoms with Crippen molar-refractivity contribution in [1.29, 1.82) is 5.26 Å². The molecule has 0 saturated carbocycles. The number of benzene rings is 1. The second-order valence-electron chi connectivity index (χ2n) is 2.31. The Morgan fingerprint density at radius 1 is 1.46 bits per heavy atom. The highest BCUT2D eigenvalue weighted by atomic mass is 19.1. The van der Waals surface area contributed by atoms with E-state index in [4.69, 9.17) is 11.0 Å². The van der Waals surface area contributed by atoms with Crippen LogP contribution in [-0.4, -0.2) is 6.54 Å². The zero-order valence-electron chi connectivity index (χ0n) is 6.84. The van der Waals surface area contributed by atoms with Gasteiger partial charge >= 0.3 is 0 Å². The molecule has 2 nitrogen and oxygen atoms in total. The molecule has 0 radical (unpaired) electrons. The van der Waals surface area contributed by atoms with E-state index in [1.165, 1.54) is 18.2 Å². The van der Waals surface area contributed by atoms with Crippen LogP contribution in [0.5, 0.6) is 0 Å². The first-order chi connectivity index (χ1) is 6.27. The van der Waals surface area contributed by atoms with Gasteiger partial charge in [-0.15, -0.1) is 0 Å². The minimum Gasteiger partial charge on any atom is -0.320 e. The zero-order valence-corrected chi connectivity index (χ0v) is 6.84. The van der Waals surface area contributed by atoms with Gasteiger partial charge in [-0.3, -0.25) is 0 Å². The first-order valence-electron chi connectivity index (χ1n) is 3.66. The maximum Gasteiger partial charge on any atom is 0.141 e. The van der Waals surface area contributed by atoms with Crippen LogP contribution < -0.4 is 5.73 Å². The van der Waals surface area contributed by atoms with E-state index in [1.54, 1.807) is 6.07 Å². The highest BCUT2D eigenvalue weighted by Crippen LogP contribution is 2.08. The van der Waals surface area contributed by atoms with E-state index < -0.39 is 5.82 Å². The fourth-order valence-corrected chi connectivity index (χ4v) is 0.842. The van der Waals surface area contributed by atoms with Gasteiger partial charge in [-0.05, 0) is 18.2 Å². The lowest BCUT2D eigenvalue weighted by atomic mass is 10.1. The van der Waals surface area contributed by atoms with E-state index in [0.29, 0.717) is 5.56 Å². The van der Waals surface area contributed by atoms with Crippen LogP contribution >= 0.6 is 0 Å². The Labute approximate surface area is 75.8 Å². The Morgan fingerprint density at radius 3 is 2.85 bits per heavy atom. The molecule has 0 atom stereocenters. The van der Waals surface area contributed by atoms with Crippen LogP contribution in [0.15, 0.2) is 18.2 Å². The lowest BCUT2D eigenvalue weighted by molar-refractivity contribution is 0.624. The molecule has 3 heteroatoms. The number of hydrogen-bond acceptors (Lipinski definition) is 2. The molecule has 0 aliphatic rings. The molecule has 0 spiro atoms. The third-order valence-corrected chi connectivity index (χ3v) is 1.42. The third kappa shape index (κ3) is 2.30. The summed E-state index contributed by atoms with van der Waals surface area (Å²) in [6, 6.07) is 5.87. The summed E-state index contributed by atoms with van der Waals surface area (Å²) in [6.07, 6.45) is 0. The van der Waals surface area contributed by atoms with Gasteiger partial charge in [0.15, 0.2) is 0 Å². The maximum atomic E-state index is 12.8. The first-order valence-corrected chi connectivity index (χ1v) is 3.66. The van der Waals surface area contributed by atoms with Gasteiger partial charge in [-0.1, -0.05) is 11.8 Å². The van der Waals surface area contributed by atoms with Crippen molar-refractivity contribution in [3.05, 3.63) is 35.1 Å². The molecule has 13 heavy (non-hydrogen) atoms. The molecule has 0 aromatic heterocycles. The van der Waals surface area contributed by atoms with Crippen molar-refractivity contribution in [3.8, 4) is 17.9 Å². The number of rotatable bonds is 0. The average molecular weight is 174 g/mol. The molecule has 0 aliphatic heterocycles. The van der Waals surface area contributed by atoms with Gasteiger partial charge in [0, 0.05) is 5.56 Å². The summed E-state index contributed by atoms with van der Waals surface area (Å²) in [5.74, 6) is 4.81. The molecule has 64 valence electrons. The normalized spacial score (nSPS) is 8.38. The fourth-order valence-electron chi connectivity index (χ4n) is 0.842. The number of nitrogens with zero attached hydrogens (tertiary/aromatic N) is 1. The van der Waals surface area contributed by atoms with Crippen LogP contribution in [0.4, 0.5) is 4.39 Å². The molecule has 0 heterocycles. The highest BCUT2D eigenvalue weighted by molar-refractivity contribution is 5.42. The molecule has 1 aromatic rings. The Kier molecular flexibility index (Phi) is 3.03. The molecule has 0 aliphatic carbocycles. The topological polar surface area (TPSA) is 49.8 Å². The van der Waals surface area contributed by atoms with Gasteiger partial charge in [-0.2, -0.15) is 5.26 Å². The van der Waals surface area contributed by atoms with Gasteiger partial charge < -0.3 is 5.73 Å². The maximum absolute atomic E-state index is 12.8. The summed E-state index contributed by atoms with van der Waals surface area (Å²) >= 11 is 0. The van der Waals surface area contributed by atoms with Crippen molar-refractivity contribution in [2.45, 2.75) is 0 Å². The predicted molar refractivity (Wildman–Crippen MR) is 47.0 cm³/mol. The molecule has 2 N–H and O–H groups in total. The Balaban J connectivity index is 3.08. The van der Waals surface area contributed by atoms with Crippen LogP contribution in [0.25, 0.3) is 0 Å². The molecule has 0 unspecified atom stereocenters. The fraction of sp³-hybridized carbons (Fsp3) is 0.100. The SMILES string of the molecule is N#Cc1cc(C#CCN)ccc1F. The van der Waals surface area contributed by atoms with Crippen molar-refractivity contribution < 1.29 is 4.39 Å². The van der Waals surface area contributed by atoms with E-state index >= 15 is 0 Å². The average Bonchev–Trinajstić information content (AvgIpc) is 2.16. The van der Waals surface area contributed by atoms with Crippen LogP contribution in [-0.2, 0) is 0 Å². The Hall–Kier alpha value is -1.84. The van der Waals surface area contributed by atoms with Crippen LogP contribution in [0.3, 0.4) is 0 Å². The molecule has 0 fully saturated rings. The zero-order chi connectivity index (χ0) is 9.68. The third-order valence-electron chi connectivity index (χ3n) is 1.42.